The monoisotopic (exact) mass is 468 g/mol. The fourth-order valence-electron chi connectivity index (χ4n) is 3.83. The van der Waals surface area contributed by atoms with Gasteiger partial charge >= 0.3 is 0 Å². The van der Waals surface area contributed by atoms with Gasteiger partial charge in [-0.3, -0.25) is 4.90 Å². The normalized spacial score (nSPS) is 16.4. The lowest BCUT2D eigenvalue weighted by Crippen LogP contribution is -2.39. The molecule has 1 aliphatic rings. The van der Waals surface area contributed by atoms with Gasteiger partial charge < -0.3 is 14.7 Å². The standard InChI is InChI=1S/C26H26ClFN2O3/c27-20-8-6-7-19(13-20)15-30(16-21(31)18-32-22-9-2-1-3-10-22)17-23-14-26(29-33-23)24-11-4-5-12-25(24)28/h1-13,21,23,31H,14-18H2/t21-,23+/m1/s1. The Morgan fingerprint density at radius 2 is 1.88 bits per heavy atom. The predicted octanol–water partition coefficient (Wildman–Crippen LogP) is 4.91. The van der Waals surface area contributed by atoms with Crippen molar-refractivity contribution >= 4 is 17.3 Å². The molecule has 0 saturated carbocycles. The highest BCUT2D eigenvalue weighted by Gasteiger charge is 2.27. The molecular formula is C26H26ClFN2O3. The van der Waals surface area contributed by atoms with Gasteiger partial charge in [0.05, 0.1) is 5.71 Å². The molecule has 0 aromatic heterocycles. The van der Waals surface area contributed by atoms with Crippen LogP contribution in [0.3, 0.4) is 0 Å². The van der Waals surface area contributed by atoms with E-state index in [4.69, 9.17) is 21.2 Å². The summed E-state index contributed by atoms with van der Waals surface area (Å²) in [5.41, 5.74) is 2.07. The molecule has 0 spiro atoms. The van der Waals surface area contributed by atoms with Crippen molar-refractivity contribution in [2.24, 2.45) is 5.16 Å². The molecule has 3 aromatic rings. The van der Waals surface area contributed by atoms with E-state index in [-0.39, 0.29) is 18.5 Å². The first-order chi connectivity index (χ1) is 16.1. The number of nitrogens with zero attached hydrogens (tertiary/aromatic N) is 2. The third-order valence-electron chi connectivity index (χ3n) is 5.33. The summed E-state index contributed by atoms with van der Waals surface area (Å²) in [6, 6.07) is 23.6. The van der Waals surface area contributed by atoms with Crippen molar-refractivity contribution in [3.63, 3.8) is 0 Å². The van der Waals surface area contributed by atoms with Gasteiger partial charge in [0.2, 0.25) is 0 Å². The summed E-state index contributed by atoms with van der Waals surface area (Å²) in [7, 11) is 0. The van der Waals surface area contributed by atoms with Crippen LogP contribution in [-0.2, 0) is 11.4 Å². The minimum Gasteiger partial charge on any atom is -0.491 e. The highest BCUT2D eigenvalue weighted by Crippen LogP contribution is 2.21. The van der Waals surface area contributed by atoms with Crippen LogP contribution < -0.4 is 4.74 Å². The average molecular weight is 469 g/mol. The fraction of sp³-hybridized carbons (Fsp3) is 0.269. The molecule has 5 nitrogen and oxygen atoms in total. The number of ether oxygens (including phenoxy) is 1. The zero-order valence-electron chi connectivity index (χ0n) is 18.1. The maximum Gasteiger partial charge on any atom is 0.145 e. The molecule has 1 heterocycles. The number of para-hydroxylation sites is 1. The van der Waals surface area contributed by atoms with Gasteiger partial charge in [-0.15, -0.1) is 0 Å². The van der Waals surface area contributed by atoms with Crippen LogP contribution in [0, 0.1) is 5.82 Å². The number of benzene rings is 3. The first kappa shape index (κ1) is 23.2. The van der Waals surface area contributed by atoms with Gasteiger partial charge in [-0.2, -0.15) is 0 Å². The smallest absolute Gasteiger partial charge is 0.145 e. The molecule has 3 aromatic carbocycles. The second-order valence-corrected chi connectivity index (χ2v) is 8.49. The molecular weight excluding hydrogens is 443 g/mol. The maximum atomic E-state index is 14.1. The molecule has 1 N–H and O–H groups in total. The van der Waals surface area contributed by atoms with Crippen LogP contribution in [0.2, 0.25) is 5.02 Å². The summed E-state index contributed by atoms with van der Waals surface area (Å²) in [5, 5.41) is 15.4. The lowest BCUT2D eigenvalue weighted by atomic mass is 10.0. The van der Waals surface area contributed by atoms with E-state index in [0.29, 0.717) is 48.1 Å². The Kier molecular flexibility index (Phi) is 7.94. The van der Waals surface area contributed by atoms with Gasteiger partial charge in [0.15, 0.2) is 0 Å². The fourth-order valence-corrected chi connectivity index (χ4v) is 4.04. The molecule has 0 bridgehead atoms. The summed E-state index contributed by atoms with van der Waals surface area (Å²) in [5.74, 6) is 0.393. The summed E-state index contributed by atoms with van der Waals surface area (Å²) in [6.07, 6.45) is -0.470. The number of aliphatic hydroxyl groups is 1. The lowest BCUT2D eigenvalue weighted by Gasteiger charge is -2.27. The Morgan fingerprint density at radius 3 is 2.67 bits per heavy atom. The molecule has 4 rings (SSSR count). The highest BCUT2D eigenvalue weighted by molar-refractivity contribution is 6.30. The van der Waals surface area contributed by atoms with Crippen molar-refractivity contribution < 1.29 is 19.1 Å². The van der Waals surface area contributed by atoms with Crippen LogP contribution >= 0.6 is 11.6 Å². The van der Waals surface area contributed by atoms with E-state index < -0.39 is 6.10 Å². The topological polar surface area (TPSA) is 54.3 Å². The first-order valence-electron chi connectivity index (χ1n) is 10.9. The van der Waals surface area contributed by atoms with Gasteiger partial charge in [0.1, 0.15) is 30.4 Å². The summed E-state index contributed by atoms with van der Waals surface area (Å²) in [4.78, 5) is 7.70. The Bertz CT molecular complexity index is 1080. The van der Waals surface area contributed by atoms with Crippen LogP contribution in [0.4, 0.5) is 4.39 Å². The molecule has 0 fully saturated rings. The van der Waals surface area contributed by atoms with Crippen molar-refractivity contribution in [1.29, 1.82) is 0 Å². The maximum absolute atomic E-state index is 14.1. The summed E-state index contributed by atoms with van der Waals surface area (Å²) < 4.78 is 19.8. The van der Waals surface area contributed by atoms with E-state index in [1.54, 1.807) is 18.2 Å². The minimum atomic E-state index is -0.710. The van der Waals surface area contributed by atoms with E-state index in [0.717, 1.165) is 5.56 Å². The zero-order valence-corrected chi connectivity index (χ0v) is 18.9. The number of hydrogen-bond donors (Lipinski definition) is 1. The molecule has 172 valence electrons. The van der Waals surface area contributed by atoms with Crippen molar-refractivity contribution in [3.8, 4) is 5.75 Å². The second kappa shape index (κ2) is 11.3. The predicted molar refractivity (Wildman–Crippen MR) is 127 cm³/mol. The third-order valence-corrected chi connectivity index (χ3v) is 5.56. The number of halogens is 2. The van der Waals surface area contributed by atoms with E-state index in [1.165, 1.54) is 6.07 Å². The van der Waals surface area contributed by atoms with Gasteiger partial charge in [-0.1, -0.05) is 65.3 Å². The van der Waals surface area contributed by atoms with Crippen molar-refractivity contribution in [3.05, 3.63) is 101 Å². The van der Waals surface area contributed by atoms with Crippen LogP contribution in [0.15, 0.2) is 84.0 Å². The number of rotatable bonds is 10. The van der Waals surface area contributed by atoms with Gasteiger partial charge in [0, 0.05) is 36.6 Å². The third kappa shape index (κ3) is 6.78. The van der Waals surface area contributed by atoms with E-state index in [1.807, 2.05) is 54.6 Å². The molecule has 0 saturated heterocycles. The SMILES string of the molecule is O[C@@H](COc1ccccc1)CN(Cc1cccc(Cl)c1)C[C@@H]1CC(c2ccccc2F)=NO1. The molecule has 0 unspecified atom stereocenters. The first-order valence-corrected chi connectivity index (χ1v) is 11.2. The van der Waals surface area contributed by atoms with Crippen LogP contribution in [0.1, 0.15) is 17.5 Å². The molecule has 33 heavy (non-hydrogen) atoms. The quantitative estimate of drug-likeness (QED) is 0.459. The minimum absolute atomic E-state index is 0.165. The Balaban J connectivity index is 1.39. The molecule has 1 aliphatic heterocycles. The lowest BCUT2D eigenvalue weighted by molar-refractivity contribution is 0.0213. The van der Waals surface area contributed by atoms with E-state index in [9.17, 15) is 9.50 Å². The van der Waals surface area contributed by atoms with Gasteiger partial charge in [-0.05, 0) is 35.9 Å². The number of oxime groups is 1. The molecule has 0 aliphatic carbocycles. The van der Waals surface area contributed by atoms with Gasteiger partial charge in [0.25, 0.3) is 0 Å². The number of hydrogen-bond acceptors (Lipinski definition) is 5. The average Bonchev–Trinajstić information content (AvgIpc) is 3.27. The Hall–Kier alpha value is -2.93. The van der Waals surface area contributed by atoms with E-state index in [2.05, 4.69) is 10.1 Å². The summed E-state index contributed by atoms with van der Waals surface area (Å²) >= 11 is 6.16. The molecule has 0 radical (unpaired) electrons. The van der Waals surface area contributed by atoms with Crippen LogP contribution in [-0.4, -0.2) is 47.6 Å². The van der Waals surface area contributed by atoms with E-state index >= 15 is 0 Å². The summed E-state index contributed by atoms with van der Waals surface area (Å²) in [6.45, 7) is 1.61. The number of aliphatic hydroxyl groups excluding tert-OH is 1. The molecule has 0 amide bonds. The van der Waals surface area contributed by atoms with Crippen molar-refractivity contribution in [2.75, 3.05) is 19.7 Å². The largest absolute Gasteiger partial charge is 0.491 e. The Morgan fingerprint density at radius 1 is 1.09 bits per heavy atom. The van der Waals surface area contributed by atoms with Crippen molar-refractivity contribution in [1.82, 2.24) is 4.90 Å². The second-order valence-electron chi connectivity index (χ2n) is 8.05. The van der Waals surface area contributed by atoms with Crippen LogP contribution in [0.5, 0.6) is 5.75 Å². The molecule has 2 atom stereocenters. The highest BCUT2D eigenvalue weighted by atomic mass is 35.5. The van der Waals surface area contributed by atoms with Gasteiger partial charge in [-0.25, -0.2) is 4.39 Å². The van der Waals surface area contributed by atoms with Crippen molar-refractivity contribution in [2.45, 2.75) is 25.2 Å². The Labute approximate surface area is 198 Å². The zero-order chi connectivity index (χ0) is 23.0. The molecule has 7 heteroatoms. The van der Waals surface area contributed by atoms with Crippen LogP contribution in [0.25, 0.3) is 0 Å².